The standard InChI is InChI=1S/C24H24N2O4.47K.H2N/c27-23(18-29-21-14-8-3-9-15-21)25-22(16-19-10-4-1-5-11-19)24(28)26-30-17-20-12-6-2-7-13-20;;;;;;;;;;;;;;;;;;;;;;;;;;;;;;;;;;;;;;;;;;;;;;;;/h1-15,22H,16-18H2,(H,25,27)(H,26,28);;;;;;;;;;;;;;;;;;;;;;;;;;;;;;;;;;;;;;;;;;;;;;;;1H2/q;;;;;;;;;;;;;;;;;;;;;;;;;;;;;;;;;;;;;;;;;;;;;3*+1;-1. The van der Waals surface area contributed by atoms with Crippen LogP contribution < -0.4 is 170 Å². The molecule has 0 saturated carbocycles. The summed E-state index contributed by atoms with van der Waals surface area (Å²) in [5.41, 5.74) is 4.29. The molecule has 3 rings (SSSR count). The van der Waals surface area contributed by atoms with Gasteiger partial charge in [0.15, 0.2) is 6.61 Å². The zero-order chi connectivity index (χ0) is 65.0. The first kappa shape index (κ1) is 211. The molecule has 0 aromatic heterocycles. The first-order valence-corrected chi connectivity index (χ1v) is 384. The first-order chi connectivity index (χ1) is 36.7. The van der Waals surface area contributed by atoms with E-state index in [-0.39, 0.29) is 174 Å². The second kappa shape index (κ2) is 261. The summed E-state index contributed by atoms with van der Waals surface area (Å²) in [6.07, 6.45) is 0.332. The van der Waals surface area contributed by atoms with Crippen LogP contribution in [-0.4, -0.2) is 1410 Å². The van der Waals surface area contributed by atoms with Gasteiger partial charge in [0.05, 0.1) is 6.61 Å². The number of carbonyl (C=O) groups is 2. The van der Waals surface area contributed by atoms with Crippen LogP contribution in [0.15, 0.2) is 91.0 Å². The Balaban J connectivity index is -0.0000000235. The molecular weight excluding hydrogens is 2230 g/mol. The van der Waals surface area contributed by atoms with Gasteiger partial charge in [0.2, 0.25) is 0 Å². The van der Waals surface area contributed by atoms with Gasteiger partial charge in [0, 0.05) is 6.42 Å². The van der Waals surface area contributed by atoms with Crippen molar-refractivity contribution in [1.82, 2.24) is 10.8 Å². The van der Waals surface area contributed by atoms with E-state index in [1.54, 1.807) is 12.1 Å². The molecule has 3 aromatic carbocycles. The van der Waals surface area contributed by atoms with Crippen LogP contribution in [0.25, 0.3) is 6.15 Å². The average molecular weight is 2260 g/mol. The maximum atomic E-state index is 12.7. The Morgan fingerprint density at radius 2 is 0.564 bits per heavy atom. The van der Waals surface area contributed by atoms with Crippen molar-refractivity contribution in [1.29, 1.82) is 0 Å². The van der Waals surface area contributed by atoms with Crippen LogP contribution >= 0.6 is 0 Å². The van der Waals surface area contributed by atoms with Gasteiger partial charge < -0.3 is 16.2 Å². The van der Waals surface area contributed by atoms with Gasteiger partial charge in [-0.15, -0.1) is 0 Å². The summed E-state index contributed by atoms with van der Waals surface area (Å²) in [6.45, 7) is 0.0448. The summed E-state index contributed by atoms with van der Waals surface area (Å²) in [5, 5.41) is 2.73. The summed E-state index contributed by atoms with van der Waals surface area (Å²) < 4.78 is 5.46. The molecule has 0 radical (unpaired) electrons. The third kappa shape index (κ3) is 227. The maximum absolute atomic E-state index is 12.7. The largest absolute Gasteiger partial charge is 0.693 e. The van der Waals surface area contributed by atoms with E-state index in [9.17, 15) is 9.59 Å². The number of carbonyl (C=O) groups excluding carboxylic acids is 2. The number of nitrogens with one attached hydrogen (secondary N) is 2. The van der Waals surface area contributed by atoms with Gasteiger partial charge in [-0.25, -0.2) is 5.48 Å². The Morgan fingerprint density at radius 1 is 0.346 bits per heavy atom. The van der Waals surface area contributed by atoms with Crippen LogP contribution in [0.1, 0.15) is 11.1 Å². The first-order valence-electron chi connectivity index (χ1n) is 31.7. The second-order valence-corrected chi connectivity index (χ2v) is 6.65. The molecule has 3 aromatic rings. The van der Waals surface area contributed by atoms with Crippen LogP contribution in [0.2, 0.25) is 0 Å². The van der Waals surface area contributed by atoms with Gasteiger partial charge in [-0.3, -0.25) is 14.4 Å². The van der Waals surface area contributed by atoms with Crippen molar-refractivity contribution in [2.24, 2.45) is 0 Å². The minimum absolute atomic E-state index is 0. The number of para-hydroxylation sites is 1. The van der Waals surface area contributed by atoms with Gasteiger partial charge in [-0.05, 0) is 23.3 Å². The number of ether oxygens (including phenoxy) is 1. The predicted octanol–water partition coefficient (Wildman–Crippen LogP) is -22.0. The molecule has 206 valence electrons. The molecule has 0 aliphatic rings. The van der Waals surface area contributed by atoms with Gasteiger partial charge in [-0.2, -0.15) is 0 Å². The monoisotopic (exact) mass is 2250 g/mol. The molecule has 1 unspecified atom stereocenters. The number of benzene rings is 3. The van der Waals surface area contributed by atoms with Crippen LogP contribution in [0.4, 0.5) is 0 Å². The number of rotatable bonds is 10. The van der Waals surface area contributed by atoms with Crippen molar-refractivity contribution >= 4 is 1400 Å². The molecule has 2 amide bonds. The van der Waals surface area contributed by atoms with Crippen molar-refractivity contribution in [3.63, 3.8) is 0 Å². The van der Waals surface area contributed by atoms with E-state index in [1.165, 1.54) is 1390 Å². The van der Waals surface area contributed by atoms with Crippen LogP contribution in [0, 0.1) is 0 Å². The smallest absolute Gasteiger partial charge is 0.693 e. The van der Waals surface area contributed by atoms with E-state index in [2.05, 4.69) is 10.8 Å². The van der Waals surface area contributed by atoms with E-state index in [0.717, 1.165) is 11.1 Å². The molecule has 0 spiro atoms. The fraction of sp³-hybridized carbons (Fsp3) is 0.167. The van der Waals surface area contributed by atoms with Crippen molar-refractivity contribution in [2.75, 3.05) is 6.61 Å². The van der Waals surface area contributed by atoms with Gasteiger partial charge >= 0.3 is 1540 Å². The molecule has 1 atom stereocenters. The summed E-state index contributed by atoms with van der Waals surface area (Å²) in [4.78, 5) is 30.3. The Bertz CT molecular complexity index is 997. The molecule has 0 aliphatic carbocycles. The predicted molar refractivity (Wildman–Crippen MR) is 372 cm³/mol. The van der Waals surface area contributed by atoms with Gasteiger partial charge in [0.25, 0.3) is 11.8 Å². The van der Waals surface area contributed by atoms with Crippen LogP contribution in [0.5, 0.6) is 5.75 Å². The summed E-state index contributed by atoms with van der Waals surface area (Å²) in [6, 6.07) is 27.2. The maximum Gasteiger partial charge on any atom is -0.693 e. The zero-order valence-electron chi connectivity index (χ0n) is 64.1. The quantitative estimate of drug-likeness (QED) is 0.156. The van der Waals surface area contributed by atoms with Crippen molar-refractivity contribution in [3.05, 3.63) is 108 Å². The molecule has 7 nitrogen and oxygen atoms in total. The molecule has 54 heteroatoms. The number of amides is 2. The SMILES string of the molecule is O=C(COc1ccccc1)NC(Cc1ccccc1)C(=O)NOCc1ccccc1.[K+].[K+].[K+].[K][K].[K][K].[K][K].[K][K].[K][K].[K][K].[K][K].[K][K].[K][K].[K][K].[K][K].[K][K].[K][K].[K][K].[K][K].[K][K].[K][K].[K][K].[K][K].[K][K].[K][K].[K][K].[NH2-]. The molecule has 0 bridgehead atoms. The van der Waals surface area contributed by atoms with E-state index < -0.39 is 17.9 Å². The Morgan fingerprint density at radius 3 is 0.808 bits per heavy atom. The average Bonchev–Trinajstić information content (AvgIpc) is 3.57. The molecule has 4 N–H and O–H groups in total. The normalized spacial score (nSPS) is 6.62. The summed E-state index contributed by atoms with van der Waals surface area (Å²) >= 11 is 55.0. The van der Waals surface area contributed by atoms with E-state index in [4.69, 9.17) is 9.57 Å². The zero-order valence-corrected chi connectivity index (χ0v) is 211. The topological polar surface area (TPSA) is 110 Å². The molecule has 0 saturated heterocycles. The molecule has 78 heavy (non-hydrogen) atoms. The van der Waals surface area contributed by atoms with Gasteiger partial charge in [0.1, 0.15) is 11.8 Å². The van der Waals surface area contributed by atoms with E-state index in [0.29, 0.717) is 12.2 Å². The summed E-state index contributed by atoms with van der Waals surface area (Å²) in [5.74, 6) is -0.233. The van der Waals surface area contributed by atoms with Crippen LogP contribution in [0.3, 0.4) is 0 Å². The van der Waals surface area contributed by atoms with Crippen LogP contribution in [-0.2, 0) is 27.5 Å². The third-order valence-corrected chi connectivity index (χ3v) is 4.30. The van der Waals surface area contributed by atoms with Crippen molar-refractivity contribution in [2.45, 2.75) is 19.1 Å². The number of nitrogens with two attached hydrogens (primary N) is 1. The fourth-order valence-electron chi connectivity index (χ4n) is 2.80. The molecule has 0 heterocycles. The number of hydrogen-bond acceptors (Lipinski definition) is 4. The number of hydrogen-bond donors (Lipinski definition) is 2. The molecule has 0 aliphatic heterocycles. The third-order valence-electron chi connectivity index (χ3n) is 4.30. The number of hydroxylamine groups is 1. The van der Waals surface area contributed by atoms with E-state index >= 15 is 0 Å². The second-order valence-electron chi connectivity index (χ2n) is 6.65. The van der Waals surface area contributed by atoms with Crippen molar-refractivity contribution < 1.29 is 173 Å². The minimum atomic E-state index is -0.796. The minimum Gasteiger partial charge on any atom is -0.693 e. The summed E-state index contributed by atoms with van der Waals surface area (Å²) in [7, 11) is 0. The molecular formula is C24H26K47N3O4+2. The fourth-order valence-corrected chi connectivity index (χ4v) is 2.80. The Labute approximate surface area is 1610 Å². The Hall–Kier alpha value is 73.2. The van der Waals surface area contributed by atoms with Crippen molar-refractivity contribution in [3.8, 4) is 5.75 Å². The Kier molecular flexibility index (Phi) is 705. The molecule has 0 fully saturated rings. The van der Waals surface area contributed by atoms with Gasteiger partial charge in [-0.1, -0.05) is 78.9 Å². The van der Waals surface area contributed by atoms with E-state index in [1.807, 2.05) is 78.9 Å².